The van der Waals surface area contributed by atoms with Crippen molar-refractivity contribution in [3.05, 3.63) is 64.7 Å². The van der Waals surface area contributed by atoms with Gasteiger partial charge in [0.2, 0.25) is 5.91 Å². The summed E-state index contributed by atoms with van der Waals surface area (Å²) in [6, 6.07) is 13.1. The number of hydrogen-bond acceptors (Lipinski definition) is 4. The second kappa shape index (κ2) is 7.70. The van der Waals surface area contributed by atoms with E-state index in [9.17, 15) is 13.2 Å². The van der Waals surface area contributed by atoms with Gasteiger partial charge in [0.05, 0.1) is 4.90 Å². The van der Waals surface area contributed by atoms with Gasteiger partial charge in [0.1, 0.15) is 11.9 Å². The second-order valence-electron chi connectivity index (χ2n) is 6.58. The van der Waals surface area contributed by atoms with E-state index < -0.39 is 16.1 Å². The second-order valence-corrected chi connectivity index (χ2v) is 8.64. The summed E-state index contributed by atoms with van der Waals surface area (Å²) >= 11 is 6.12. The SMILES string of the molecule is CC(C)[C@H](N=C1NS(=O)(=O)c2ccccc21)C(=O)NCc1ccccc1Cl. The summed E-state index contributed by atoms with van der Waals surface area (Å²) in [5.41, 5.74) is 1.27. The van der Waals surface area contributed by atoms with Crippen LogP contribution in [0.2, 0.25) is 5.02 Å². The van der Waals surface area contributed by atoms with Crippen LogP contribution in [0, 0.1) is 5.92 Å². The van der Waals surface area contributed by atoms with Crippen LogP contribution < -0.4 is 10.0 Å². The molecule has 27 heavy (non-hydrogen) atoms. The Labute approximate surface area is 163 Å². The number of nitrogens with one attached hydrogen (secondary N) is 2. The molecule has 142 valence electrons. The van der Waals surface area contributed by atoms with Gasteiger partial charge in [0.15, 0.2) is 0 Å². The minimum Gasteiger partial charge on any atom is -0.350 e. The average molecular weight is 406 g/mol. The molecule has 1 aliphatic heterocycles. The molecule has 2 aromatic rings. The number of aliphatic imine (C=N–C) groups is 1. The number of sulfonamides is 1. The van der Waals surface area contributed by atoms with Crippen LogP contribution in [0.5, 0.6) is 0 Å². The number of amides is 1. The molecule has 0 aromatic heterocycles. The molecule has 0 unspecified atom stereocenters. The first kappa shape index (κ1) is 19.4. The van der Waals surface area contributed by atoms with E-state index in [0.717, 1.165) is 5.56 Å². The monoisotopic (exact) mass is 405 g/mol. The topological polar surface area (TPSA) is 87.6 Å². The molecule has 0 fully saturated rings. The molecule has 0 saturated heterocycles. The predicted octanol–water partition coefficient (Wildman–Crippen LogP) is 2.72. The molecule has 1 amide bonds. The molecule has 8 heteroatoms. The third kappa shape index (κ3) is 4.14. The molecule has 0 saturated carbocycles. The van der Waals surface area contributed by atoms with Gasteiger partial charge in [-0.3, -0.25) is 14.5 Å². The smallest absolute Gasteiger partial charge is 0.263 e. The van der Waals surface area contributed by atoms with E-state index >= 15 is 0 Å². The maximum atomic E-state index is 12.7. The van der Waals surface area contributed by atoms with Crippen molar-refractivity contribution < 1.29 is 13.2 Å². The third-order valence-electron chi connectivity index (χ3n) is 4.24. The van der Waals surface area contributed by atoms with E-state index in [2.05, 4.69) is 15.0 Å². The molecule has 0 aliphatic carbocycles. The Balaban J connectivity index is 1.83. The number of fused-ring (bicyclic) bond motifs is 1. The van der Waals surface area contributed by atoms with Crippen LogP contribution in [0.1, 0.15) is 25.0 Å². The number of nitrogens with zero attached hydrogens (tertiary/aromatic N) is 1. The molecule has 0 radical (unpaired) electrons. The number of carbonyl (C=O) groups excluding carboxylic acids is 1. The van der Waals surface area contributed by atoms with Crippen molar-refractivity contribution in [1.29, 1.82) is 0 Å². The number of hydrogen-bond donors (Lipinski definition) is 2. The minimum absolute atomic E-state index is 0.124. The summed E-state index contributed by atoms with van der Waals surface area (Å²) in [7, 11) is -3.64. The van der Waals surface area contributed by atoms with Gasteiger partial charge in [0, 0.05) is 17.1 Å². The first-order valence-electron chi connectivity index (χ1n) is 8.51. The zero-order chi connectivity index (χ0) is 19.6. The van der Waals surface area contributed by atoms with Gasteiger partial charge < -0.3 is 5.32 Å². The fraction of sp³-hybridized carbons (Fsp3) is 0.263. The quantitative estimate of drug-likeness (QED) is 0.801. The van der Waals surface area contributed by atoms with E-state index in [4.69, 9.17) is 11.6 Å². The molecule has 1 heterocycles. The lowest BCUT2D eigenvalue weighted by Gasteiger charge is -2.17. The summed E-state index contributed by atoms with van der Waals surface area (Å²) in [5.74, 6) is -0.223. The lowest BCUT2D eigenvalue weighted by molar-refractivity contribution is -0.123. The number of rotatable bonds is 5. The highest BCUT2D eigenvalue weighted by molar-refractivity contribution is 7.90. The Morgan fingerprint density at radius 2 is 1.81 bits per heavy atom. The first-order chi connectivity index (χ1) is 12.8. The van der Waals surface area contributed by atoms with Gasteiger partial charge in [-0.2, -0.15) is 0 Å². The molecular formula is C19H20ClN3O3S. The molecule has 2 N–H and O–H groups in total. The normalized spacial score (nSPS) is 17.4. The van der Waals surface area contributed by atoms with E-state index in [-0.39, 0.29) is 29.1 Å². The molecule has 0 spiro atoms. The Bertz CT molecular complexity index is 1000. The summed E-state index contributed by atoms with van der Waals surface area (Å²) in [4.78, 5) is 17.3. The molecule has 6 nitrogen and oxygen atoms in total. The number of halogens is 1. The molecule has 3 rings (SSSR count). The van der Waals surface area contributed by atoms with Gasteiger partial charge in [-0.05, 0) is 29.7 Å². The lowest BCUT2D eigenvalue weighted by Crippen LogP contribution is -2.38. The van der Waals surface area contributed by atoms with Crippen molar-refractivity contribution >= 4 is 33.4 Å². The van der Waals surface area contributed by atoms with E-state index in [0.29, 0.717) is 10.6 Å². The number of carbonyl (C=O) groups is 1. The highest BCUT2D eigenvalue weighted by atomic mass is 35.5. The van der Waals surface area contributed by atoms with Crippen molar-refractivity contribution in [1.82, 2.24) is 10.0 Å². The van der Waals surface area contributed by atoms with Crippen molar-refractivity contribution in [2.45, 2.75) is 31.3 Å². The highest BCUT2D eigenvalue weighted by Crippen LogP contribution is 2.23. The molecule has 0 bridgehead atoms. The van der Waals surface area contributed by atoms with E-state index in [1.54, 1.807) is 24.3 Å². The third-order valence-corrected chi connectivity index (χ3v) is 6.01. The van der Waals surface area contributed by atoms with Gasteiger partial charge in [-0.15, -0.1) is 0 Å². The van der Waals surface area contributed by atoms with Crippen molar-refractivity contribution in [2.24, 2.45) is 10.9 Å². The van der Waals surface area contributed by atoms with E-state index in [1.165, 1.54) is 6.07 Å². The Hall–Kier alpha value is -2.38. The minimum atomic E-state index is -3.64. The van der Waals surface area contributed by atoms with Crippen molar-refractivity contribution in [2.75, 3.05) is 0 Å². The summed E-state index contributed by atoms with van der Waals surface area (Å²) < 4.78 is 26.9. The van der Waals surface area contributed by atoms with Gasteiger partial charge in [-0.25, -0.2) is 8.42 Å². The Kier molecular flexibility index (Phi) is 5.53. The van der Waals surface area contributed by atoms with Gasteiger partial charge in [0.25, 0.3) is 10.0 Å². The molecule has 1 aliphatic rings. The maximum Gasteiger partial charge on any atom is 0.263 e. The standard InChI is InChI=1S/C19H20ClN3O3S/c1-12(2)17(19(24)21-11-13-7-3-5-9-15(13)20)22-18-14-8-4-6-10-16(14)27(25,26)23-18/h3-10,12,17H,11H2,1-2H3,(H,21,24)(H,22,23)/t17-/m0/s1. The van der Waals surface area contributed by atoms with Crippen LogP contribution in [0.15, 0.2) is 58.4 Å². The van der Waals surface area contributed by atoms with Gasteiger partial charge >= 0.3 is 0 Å². The molecule has 2 aromatic carbocycles. The number of amidine groups is 1. The fourth-order valence-electron chi connectivity index (χ4n) is 2.81. The molecular weight excluding hydrogens is 386 g/mol. The van der Waals surface area contributed by atoms with Crippen LogP contribution in [0.25, 0.3) is 0 Å². The van der Waals surface area contributed by atoms with Gasteiger partial charge in [-0.1, -0.05) is 55.8 Å². The summed E-state index contributed by atoms with van der Waals surface area (Å²) in [6.45, 7) is 3.99. The lowest BCUT2D eigenvalue weighted by atomic mass is 10.0. The Morgan fingerprint density at radius 3 is 2.52 bits per heavy atom. The van der Waals surface area contributed by atoms with Crippen LogP contribution in [0.4, 0.5) is 0 Å². The first-order valence-corrected chi connectivity index (χ1v) is 10.4. The zero-order valence-electron chi connectivity index (χ0n) is 14.9. The highest BCUT2D eigenvalue weighted by Gasteiger charge is 2.32. The molecule has 1 atom stereocenters. The fourth-order valence-corrected chi connectivity index (χ4v) is 4.25. The maximum absolute atomic E-state index is 12.7. The van der Waals surface area contributed by atoms with Crippen LogP contribution in [-0.4, -0.2) is 26.2 Å². The van der Waals surface area contributed by atoms with Crippen LogP contribution in [0.3, 0.4) is 0 Å². The van der Waals surface area contributed by atoms with Crippen molar-refractivity contribution in [3.63, 3.8) is 0 Å². The average Bonchev–Trinajstić information content (AvgIpc) is 2.89. The summed E-state index contributed by atoms with van der Waals surface area (Å²) in [5, 5.41) is 3.40. The summed E-state index contributed by atoms with van der Waals surface area (Å²) in [6.07, 6.45) is 0. The number of benzene rings is 2. The largest absolute Gasteiger partial charge is 0.350 e. The Morgan fingerprint density at radius 1 is 1.15 bits per heavy atom. The van der Waals surface area contributed by atoms with Crippen LogP contribution in [-0.2, 0) is 21.4 Å². The zero-order valence-corrected chi connectivity index (χ0v) is 16.5. The van der Waals surface area contributed by atoms with E-state index in [1.807, 2.05) is 32.0 Å². The van der Waals surface area contributed by atoms with Crippen LogP contribution >= 0.6 is 11.6 Å². The van der Waals surface area contributed by atoms with Crippen molar-refractivity contribution in [3.8, 4) is 0 Å². The predicted molar refractivity (Wildman–Crippen MR) is 105 cm³/mol.